The molecule has 0 aliphatic carbocycles. The van der Waals surface area contributed by atoms with Crippen LogP contribution in [0.15, 0.2) is 75.7 Å². The van der Waals surface area contributed by atoms with Crippen LogP contribution in [0.3, 0.4) is 0 Å². The molecule has 0 bridgehead atoms. The molecule has 2 N–H and O–H groups in total. The Bertz CT molecular complexity index is 1000. The third-order valence-corrected chi connectivity index (χ3v) is 5.20. The third kappa shape index (κ3) is 4.61. The molecule has 3 aromatic rings. The van der Waals surface area contributed by atoms with Gasteiger partial charge >= 0.3 is 0 Å². The molecule has 0 atom stereocenters. The minimum absolute atomic E-state index is 0.285. The van der Waals surface area contributed by atoms with Crippen molar-refractivity contribution in [2.75, 3.05) is 17.7 Å². The molecule has 0 fully saturated rings. The minimum Gasteiger partial charge on any atom is -0.497 e. The first-order valence-electron chi connectivity index (χ1n) is 8.29. The fourth-order valence-electron chi connectivity index (χ4n) is 2.54. The molecule has 0 spiro atoms. The molecule has 7 heteroatoms. The molecule has 0 radical (unpaired) electrons. The summed E-state index contributed by atoms with van der Waals surface area (Å²) >= 11 is 6.87. The van der Waals surface area contributed by atoms with Gasteiger partial charge in [-0.15, -0.1) is 0 Å². The van der Waals surface area contributed by atoms with Gasteiger partial charge in [-0.3, -0.25) is 9.59 Å². The number of amides is 2. The number of carbonyl (C=O) groups is 2. The fourth-order valence-corrected chi connectivity index (χ4v) is 3.88. The van der Waals surface area contributed by atoms with Crippen LogP contribution in [0.1, 0.15) is 20.7 Å². The van der Waals surface area contributed by atoms with Gasteiger partial charge in [-0.05, 0) is 68.3 Å². The topological polar surface area (TPSA) is 67.4 Å². The second-order valence-corrected chi connectivity index (χ2v) is 7.49. The Morgan fingerprint density at radius 3 is 2.07 bits per heavy atom. The predicted molar refractivity (Wildman–Crippen MR) is 117 cm³/mol. The normalized spacial score (nSPS) is 10.2. The van der Waals surface area contributed by atoms with Crippen LogP contribution in [0.4, 0.5) is 11.4 Å². The summed E-state index contributed by atoms with van der Waals surface area (Å²) in [5.74, 6) is 0.00969. The van der Waals surface area contributed by atoms with E-state index >= 15 is 0 Å². The SMILES string of the molecule is COc1cc(Br)c(NC(=O)c2ccccc2NC(=O)c2ccccc2)c(Br)c1. The van der Waals surface area contributed by atoms with Crippen LogP contribution in [0, 0.1) is 0 Å². The number of rotatable bonds is 5. The van der Waals surface area contributed by atoms with Gasteiger partial charge in [0, 0.05) is 14.5 Å². The van der Waals surface area contributed by atoms with E-state index < -0.39 is 0 Å². The number of methoxy groups -OCH3 is 1. The number of nitrogens with one attached hydrogen (secondary N) is 2. The Balaban J connectivity index is 1.85. The van der Waals surface area contributed by atoms with Crippen molar-refractivity contribution in [2.24, 2.45) is 0 Å². The Morgan fingerprint density at radius 2 is 1.43 bits per heavy atom. The Hall–Kier alpha value is -2.64. The molecule has 28 heavy (non-hydrogen) atoms. The maximum Gasteiger partial charge on any atom is 0.257 e. The maximum absolute atomic E-state index is 12.9. The van der Waals surface area contributed by atoms with Crippen molar-refractivity contribution in [2.45, 2.75) is 0 Å². The van der Waals surface area contributed by atoms with Crippen LogP contribution in [-0.4, -0.2) is 18.9 Å². The van der Waals surface area contributed by atoms with Gasteiger partial charge in [0.05, 0.1) is 24.0 Å². The number of hydrogen-bond donors (Lipinski definition) is 2. The lowest BCUT2D eigenvalue weighted by Crippen LogP contribution is -2.18. The summed E-state index contributed by atoms with van der Waals surface area (Å²) in [6.07, 6.45) is 0. The van der Waals surface area contributed by atoms with Gasteiger partial charge in [0.25, 0.3) is 11.8 Å². The lowest BCUT2D eigenvalue weighted by Gasteiger charge is -2.14. The Kier molecular flexibility index (Phi) is 6.49. The average Bonchev–Trinajstić information content (AvgIpc) is 2.71. The lowest BCUT2D eigenvalue weighted by molar-refractivity contribution is 0.102. The van der Waals surface area contributed by atoms with Crippen LogP contribution >= 0.6 is 31.9 Å². The number of hydrogen-bond acceptors (Lipinski definition) is 3. The summed E-state index contributed by atoms with van der Waals surface area (Å²) in [6.45, 7) is 0. The van der Waals surface area contributed by atoms with E-state index in [-0.39, 0.29) is 11.8 Å². The highest BCUT2D eigenvalue weighted by Gasteiger charge is 2.17. The second kappa shape index (κ2) is 9.03. The molecule has 0 heterocycles. The predicted octanol–water partition coefficient (Wildman–Crippen LogP) is 5.72. The van der Waals surface area contributed by atoms with Crippen LogP contribution in [0.25, 0.3) is 0 Å². The third-order valence-electron chi connectivity index (χ3n) is 3.95. The first-order valence-corrected chi connectivity index (χ1v) is 9.88. The smallest absolute Gasteiger partial charge is 0.257 e. The molecule has 2 amide bonds. The number of ether oxygens (including phenoxy) is 1. The summed E-state index contributed by atoms with van der Waals surface area (Å²) in [5.41, 5.74) is 1.85. The zero-order valence-electron chi connectivity index (χ0n) is 14.8. The van der Waals surface area contributed by atoms with Gasteiger partial charge in [0.1, 0.15) is 5.75 Å². The Labute approximate surface area is 179 Å². The summed E-state index contributed by atoms with van der Waals surface area (Å²) in [6, 6.07) is 19.2. The zero-order valence-corrected chi connectivity index (χ0v) is 18.0. The molecular formula is C21H16Br2N2O3. The van der Waals surface area contributed by atoms with Crippen molar-refractivity contribution in [1.82, 2.24) is 0 Å². The van der Waals surface area contributed by atoms with E-state index in [1.165, 1.54) is 0 Å². The van der Waals surface area contributed by atoms with Gasteiger partial charge in [-0.1, -0.05) is 30.3 Å². The monoisotopic (exact) mass is 502 g/mol. The van der Waals surface area contributed by atoms with E-state index in [1.54, 1.807) is 67.8 Å². The number of carbonyl (C=O) groups excluding carboxylic acids is 2. The molecule has 0 unspecified atom stereocenters. The first-order chi connectivity index (χ1) is 13.5. The van der Waals surface area contributed by atoms with Crippen molar-refractivity contribution < 1.29 is 14.3 Å². The lowest BCUT2D eigenvalue weighted by atomic mass is 10.1. The highest BCUT2D eigenvalue weighted by atomic mass is 79.9. The maximum atomic E-state index is 12.9. The summed E-state index contributed by atoms with van der Waals surface area (Å²) in [5, 5.41) is 5.66. The van der Waals surface area contributed by atoms with Gasteiger partial charge in [0.15, 0.2) is 0 Å². The fraction of sp³-hybridized carbons (Fsp3) is 0.0476. The van der Waals surface area contributed by atoms with Crippen LogP contribution < -0.4 is 15.4 Å². The van der Waals surface area contributed by atoms with E-state index in [0.717, 1.165) is 0 Å². The number of anilines is 2. The van der Waals surface area contributed by atoms with Gasteiger partial charge in [-0.25, -0.2) is 0 Å². The minimum atomic E-state index is -0.351. The van der Waals surface area contributed by atoms with Crippen molar-refractivity contribution in [3.63, 3.8) is 0 Å². The van der Waals surface area contributed by atoms with Crippen molar-refractivity contribution in [3.05, 3.63) is 86.8 Å². The quantitative estimate of drug-likeness (QED) is 0.467. The molecule has 0 saturated carbocycles. The molecule has 3 aromatic carbocycles. The molecule has 0 aromatic heterocycles. The first kappa shape index (κ1) is 20.1. The molecule has 142 valence electrons. The molecule has 5 nitrogen and oxygen atoms in total. The van der Waals surface area contributed by atoms with Crippen LogP contribution in [-0.2, 0) is 0 Å². The van der Waals surface area contributed by atoms with E-state index in [0.29, 0.717) is 37.2 Å². The zero-order chi connectivity index (χ0) is 20.1. The number of para-hydroxylation sites is 1. The number of benzene rings is 3. The molecule has 0 saturated heterocycles. The van der Waals surface area contributed by atoms with Crippen LogP contribution in [0.2, 0.25) is 0 Å². The molecule has 0 aliphatic rings. The summed E-state index contributed by atoms with van der Waals surface area (Å²) in [4.78, 5) is 25.3. The van der Waals surface area contributed by atoms with E-state index in [9.17, 15) is 9.59 Å². The van der Waals surface area contributed by atoms with Crippen LogP contribution in [0.5, 0.6) is 5.75 Å². The summed E-state index contributed by atoms with van der Waals surface area (Å²) < 4.78 is 6.53. The molecular weight excluding hydrogens is 488 g/mol. The second-order valence-electron chi connectivity index (χ2n) is 5.79. The van der Waals surface area contributed by atoms with E-state index in [1.807, 2.05) is 6.07 Å². The molecule has 0 aliphatic heterocycles. The van der Waals surface area contributed by atoms with Crippen molar-refractivity contribution in [1.29, 1.82) is 0 Å². The van der Waals surface area contributed by atoms with Gasteiger partial charge in [0.2, 0.25) is 0 Å². The molecule has 3 rings (SSSR count). The highest BCUT2D eigenvalue weighted by molar-refractivity contribution is 9.11. The highest BCUT2D eigenvalue weighted by Crippen LogP contribution is 2.35. The Morgan fingerprint density at radius 1 is 0.821 bits per heavy atom. The van der Waals surface area contributed by atoms with Gasteiger partial charge < -0.3 is 15.4 Å². The van der Waals surface area contributed by atoms with Crippen molar-refractivity contribution in [3.8, 4) is 5.75 Å². The van der Waals surface area contributed by atoms with E-state index in [2.05, 4.69) is 42.5 Å². The average molecular weight is 504 g/mol. The largest absolute Gasteiger partial charge is 0.497 e. The number of halogens is 2. The van der Waals surface area contributed by atoms with Gasteiger partial charge in [-0.2, -0.15) is 0 Å². The standard InChI is InChI=1S/C21H16Br2N2O3/c1-28-14-11-16(22)19(17(23)12-14)25-21(27)15-9-5-6-10-18(15)24-20(26)13-7-3-2-4-8-13/h2-12H,1H3,(H,24,26)(H,25,27). The van der Waals surface area contributed by atoms with E-state index in [4.69, 9.17) is 4.74 Å². The summed E-state index contributed by atoms with van der Waals surface area (Å²) in [7, 11) is 1.57. The van der Waals surface area contributed by atoms with Crippen molar-refractivity contribution >= 4 is 55.0 Å².